The van der Waals surface area contributed by atoms with Crippen LogP contribution in [-0.4, -0.2) is 17.9 Å². The van der Waals surface area contributed by atoms with Gasteiger partial charge in [0.2, 0.25) is 11.8 Å². The van der Waals surface area contributed by atoms with Gasteiger partial charge in [-0.25, -0.2) is 0 Å². The van der Waals surface area contributed by atoms with Crippen molar-refractivity contribution in [2.24, 2.45) is 16.9 Å². The molecule has 0 aliphatic carbocycles. The highest BCUT2D eigenvalue weighted by Crippen LogP contribution is 2.24. The Kier molecular flexibility index (Phi) is 5.14. The highest BCUT2D eigenvalue weighted by atomic mass is 35.5. The molecule has 1 atom stereocenters. The second kappa shape index (κ2) is 6.24. The third-order valence-corrected chi connectivity index (χ3v) is 3.37. The van der Waals surface area contributed by atoms with Crippen molar-refractivity contribution in [1.29, 1.82) is 0 Å². The minimum Gasteiger partial charge on any atom is -0.366 e. The predicted octanol–water partition coefficient (Wildman–Crippen LogP) is 2.14. The zero-order chi connectivity index (χ0) is 15.5. The number of hydrogen-bond acceptors (Lipinski definition) is 3. The highest BCUT2D eigenvalue weighted by Gasteiger charge is 2.23. The molecular weight excluding hydrogens is 278 g/mol. The van der Waals surface area contributed by atoms with Gasteiger partial charge in [0.25, 0.3) is 0 Å². The van der Waals surface area contributed by atoms with Crippen molar-refractivity contribution in [2.45, 2.75) is 33.2 Å². The first-order chi connectivity index (χ1) is 9.11. The molecule has 5 N–H and O–H groups in total. The Bertz CT molecular complexity index is 524. The number of halogens is 1. The number of amides is 2. The Labute approximate surface area is 123 Å². The number of rotatable bonds is 4. The Hall–Kier alpha value is -1.59. The van der Waals surface area contributed by atoms with Crippen LogP contribution in [0.5, 0.6) is 0 Å². The van der Waals surface area contributed by atoms with Crippen LogP contribution < -0.4 is 16.8 Å². The summed E-state index contributed by atoms with van der Waals surface area (Å²) in [6, 6.07) is 4.19. The van der Waals surface area contributed by atoms with Crippen LogP contribution in [0.15, 0.2) is 18.2 Å². The fraction of sp³-hybridized carbons (Fsp3) is 0.429. The normalized spacial score (nSPS) is 12.8. The summed E-state index contributed by atoms with van der Waals surface area (Å²) < 4.78 is 0. The SMILES string of the molecule is CC(C)(C)C(N)CC(=O)Nc1cc(C(N)=O)ccc1Cl. The number of benzene rings is 1. The average molecular weight is 298 g/mol. The van der Waals surface area contributed by atoms with Crippen molar-refractivity contribution in [1.82, 2.24) is 0 Å². The second-order valence-corrected chi connectivity index (χ2v) is 6.19. The molecule has 0 saturated carbocycles. The highest BCUT2D eigenvalue weighted by molar-refractivity contribution is 6.33. The Balaban J connectivity index is 2.80. The molecule has 0 aliphatic rings. The van der Waals surface area contributed by atoms with E-state index < -0.39 is 5.91 Å². The molecule has 0 saturated heterocycles. The van der Waals surface area contributed by atoms with Gasteiger partial charge in [-0.15, -0.1) is 0 Å². The van der Waals surface area contributed by atoms with Gasteiger partial charge in [-0.1, -0.05) is 32.4 Å². The predicted molar refractivity (Wildman–Crippen MR) is 80.6 cm³/mol. The topological polar surface area (TPSA) is 98.2 Å². The lowest BCUT2D eigenvalue weighted by Crippen LogP contribution is -2.38. The summed E-state index contributed by atoms with van der Waals surface area (Å²) in [4.78, 5) is 23.0. The van der Waals surface area contributed by atoms with Gasteiger partial charge in [0.15, 0.2) is 0 Å². The van der Waals surface area contributed by atoms with Crippen LogP contribution in [0.4, 0.5) is 5.69 Å². The number of carbonyl (C=O) groups excluding carboxylic acids is 2. The molecule has 6 heteroatoms. The molecule has 0 radical (unpaired) electrons. The summed E-state index contributed by atoms with van der Waals surface area (Å²) >= 11 is 5.97. The van der Waals surface area contributed by atoms with E-state index in [1.807, 2.05) is 20.8 Å². The van der Waals surface area contributed by atoms with E-state index in [2.05, 4.69) is 5.32 Å². The number of carbonyl (C=O) groups is 2. The summed E-state index contributed by atoms with van der Waals surface area (Å²) in [7, 11) is 0. The zero-order valence-electron chi connectivity index (χ0n) is 11.9. The molecule has 0 bridgehead atoms. The molecule has 1 rings (SSSR count). The van der Waals surface area contributed by atoms with Crippen LogP contribution in [0.1, 0.15) is 37.6 Å². The largest absolute Gasteiger partial charge is 0.366 e. The number of primary amides is 1. The van der Waals surface area contributed by atoms with E-state index in [-0.39, 0.29) is 29.3 Å². The summed E-state index contributed by atoms with van der Waals surface area (Å²) in [6.45, 7) is 5.89. The van der Waals surface area contributed by atoms with Gasteiger partial charge in [0, 0.05) is 18.0 Å². The Morgan fingerprint density at radius 3 is 2.45 bits per heavy atom. The number of anilines is 1. The first-order valence-electron chi connectivity index (χ1n) is 6.26. The van der Waals surface area contributed by atoms with Crippen LogP contribution in [0.3, 0.4) is 0 Å². The quantitative estimate of drug-likeness (QED) is 0.794. The minimum absolute atomic E-state index is 0.167. The fourth-order valence-electron chi connectivity index (χ4n) is 1.48. The van der Waals surface area contributed by atoms with Crippen molar-refractivity contribution < 1.29 is 9.59 Å². The number of nitrogens with two attached hydrogens (primary N) is 2. The molecule has 0 spiro atoms. The van der Waals surface area contributed by atoms with Crippen LogP contribution in [-0.2, 0) is 4.79 Å². The van der Waals surface area contributed by atoms with E-state index in [1.54, 1.807) is 0 Å². The van der Waals surface area contributed by atoms with Crippen molar-refractivity contribution in [2.75, 3.05) is 5.32 Å². The zero-order valence-corrected chi connectivity index (χ0v) is 12.6. The summed E-state index contributed by atoms with van der Waals surface area (Å²) in [6.07, 6.45) is 0.167. The third kappa shape index (κ3) is 4.51. The van der Waals surface area contributed by atoms with E-state index in [0.29, 0.717) is 10.7 Å². The molecule has 1 unspecified atom stereocenters. The lowest BCUT2D eigenvalue weighted by molar-refractivity contribution is -0.117. The van der Waals surface area contributed by atoms with Crippen molar-refractivity contribution in [3.63, 3.8) is 0 Å². The Morgan fingerprint density at radius 2 is 1.95 bits per heavy atom. The van der Waals surface area contributed by atoms with Gasteiger partial charge >= 0.3 is 0 Å². The molecule has 0 fully saturated rings. The molecule has 2 amide bonds. The molecule has 0 aromatic heterocycles. The number of nitrogens with one attached hydrogen (secondary N) is 1. The van der Waals surface area contributed by atoms with Gasteiger partial charge in [-0.2, -0.15) is 0 Å². The first-order valence-corrected chi connectivity index (χ1v) is 6.64. The lowest BCUT2D eigenvalue weighted by atomic mass is 9.85. The summed E-state index contributed by atoms with van der Waals surface area (Å²) in [5, 5.41) is 2.99. The van der Waals surface area contributed by atoms with Gasteiger partial charge < -0.3 is 16.8 Å². The van der Waals surface area contributed by atoms with Gasteiger partial charge in [0.1, 0.15) is 0 Å². The molecule has 1 aromatic rings. The lowest BCUT2D eigenvalue weighted by Gasteiger charge is -2.26. The second-order valence-electron chi connectivity index (χ2n) is 5.78. The molecule has 5 nitrogen and oxygen atoms in total. The fourth-order valence-corrected chi connectivity index (χ4v) is 1.65. The third-order valence-electron chi connectivity index (χ3n) is 3.04. The monoisotopic (exact) mass is 297 g/mol. The summed E-state index contributed by atoms with van der Waals surface area (Å²) in [5.74, 6) is -0.834. The van der Waals surface area contributed by atoms with Crippen LogP contribution in [0.2, 0.25) is 5.02 Å². The average Bonchev–Trinajstić information content (AvgIpc) is 2.30. The molecule has 1 aromatic carbocycles. The van der Waals surface area contributed by atoms with Crippen LogP contribution in [0.25, 0.3) is 0 Å². The van der Waals surface area contributed by atoms with Crippen molar-refractivity contribution in [3.8, 4) is 0 Å². The van der Waals surface area contributed by atoms with E-state index in [1.165, 1.54) is 18.2 Å². The standard InChI is InChI=1S/C14H20ClN3O2/c1-14(2,3)11(16)7-12(19)18-10-6-8(13(17)20)4-5-9(10)15/h4-6,11H,7,16H2,1-3H3,(H2,17,20)(H,18,19). The van der Waals surface area contributed by atoms with Crippen LogP contribution >= 0.6 is 11.6 Å². The Morgan fingerprint density at radius 1 is 1.35 bits per heavy atom. The van der Waals surface area contributed by atoms with E-state index in [0.717, 1.165) is 0 Å². The van der Waals surface area contributed by atoms with Gasteiger partial charge in [-0.05, 0) is 23.6 Å². The van der Waals surface area contributed by atoms with Crippen molar-refractivity contribution in [3.05, 3.63) is 28.8 Å². The molecule has 110 valence electrons. The van der Waals surface area contributed by atoms with Gasteiger partial charge in [0.05, 0.1) is 10.7 Å². The molecule has 20 heavy (non-hydrogen) atoms. The summed E-state index contributed by atoms with van der Waals surface area (Å²) in [5.41, 5.74) is 11.6. The number of hydrogen-bond donors (Lipinski definition) is 3. The van der Waals surface area contributed by atoms with E-state index in [9.17, 15) is 9.59 Å². The van der Waals surface area contributed by atoms with E-state index in [4.69, 9.17) is 23.1 Å². The first kappa shape index (κ1) is 16.5. The van der Waals surface area contributed by atoms with E-state index >= 15 is 0 Å². The molecule has 0 aliphatic heterocycles. The van der Waals surface area contributed by atoms with Crippen LogP contribution in [0, 0.1) is 5.41 Å². The maximum atomic E-state index is 11.9. The molecule has 0 heterocycles. The molecular formula is C14H20ClN3O2. The minimum atomic E-state index is -0.580. The van der Waals surface area contributed by atoms with Gasteiger partial charge in [-0.3, -0.25) is 9.59 Å². The maximum absolute atomic E-state index is 11.9. The maximum Gasteiger partial charge on any atom is 0.248 e. The smallest absolute Gasteiger partial charge is 0.248 e. The van der Waals surface area contributed by atoms with Crippen molar-refractivity contribution >= 4 is 29.1 Å².